The van der Waals surface area contributed by atoms with Gasteiger partial charge >= 0.3 is 0 Å². The number of benzene rings is 1. The largest absolute Gasteiger partial charge is 0.286 e. The van der Waals surface area contributed by atoms with E-state index >= 15 is 0 Å². The zero-order chi connectivity index (χ0) is 13.0. The monoisotopic (exact) mass is 261 g/mol. The molecular formula is C14H19N3S. The molecule has 0 aliphatic rings. The quantitative estimate of drug-likeness (QED) is 0.805. The first-order valence-electron chi connectivity index (χ1n) is 6.37. The smallest absolute Gasteiger partial charge is 0.213 e. The third kappa shape index (κ3) is 3.53. The molecule has 1 aromatic carbocycles. The predicted molar refractivity (Wildman–Crippen MR) is 76.3 cm³/mol. The van der Waals surface area contributed by atoms with Gasteiger partial charge in [0.1, 0.15) is 5.82 Å². The molecule has 0 aliphatic heterocycles. The fraction of sp³-hybridized carbons (Fsp3) is 0.429. The summed E-state index contributed by atoms with van der Waals surface area (Å²) in [6, 6.07) is 8.90. The van der Waals surface area contributed by atoms with E-state index in [9.17, 15) is 0 Å². The molecule has 0 saturated heterocycles. The molecule has 0 fully saturated rings. The van der Waals surface area contributed by atoms with Gasteiger partial charge in [-0.1, -0.05) is 38.1 Å². The average Bonchev–Trinajstić information content (AvgIpc) is 2.76. The minimum absolute atomic E-state index is 0.534. The zero-order valence-electron chi connectivity index (χ0n) is 10.9. The van der Waals surface area contributed by atoms with Crippen LogP contribution in [0.2, 0.25) is 0 Å². The molecule has 0 amide bonds. The highest BCUT2D eigenvalue weighted by molar-refractivity contribution is 7.71. The Balaban J connectivity index is 1.85. The molecule has 0 saturated carbocycles. The number of H-pyrrole nitrogens is 2. The number of rotatable bonds is 5. The molecule has 1 heterocycles. The third-order valence-electron chi connectivity index (χ3n) is 3.08. The first kappa shape index (κ1) is 13.0. The molecule has 2 aromatic rings. The third-order valence-corrected chi connectivity index (χ3v) is 3.27. The summed E-state index contributed by atoms with van der Waals surface area (Å²) in [5, 5.41) is 5.79. The Labute approximate surface area is 113 Å². The van der Waals surface area contributed by atoms with E-state index in [1.54, 1.807) is 0 Å². The van der Waals surface area contributed by atoms with E-state index in [0.29, 0.717) is 10.7 Å². The molecule has 3 nitrogen and oxygen atoms in total. The molecule has 18 heavy (non-hydrogen) atoms. The lowest BCUT2D eigenvalue weighted by Crippen LogP contribution is -1.93. The highest BCUT2D eigenvalue weighted by Crippen LogP contribution is 2.15. The first-order chi connectivity index (χ1) is 8.65. The maximum absolute atomic E-state index is 4.92. The number of hydrogen-bond acceptors (Lipinski definition) is 2. The number of aromatic amines is 2. The van der Waals surface area contributed by atoms with E-state index in [2.05, 4.69) is 53.3 Å². The van der Waals surface area contributed by atoms with E-state index in [1.807, 2.05) is 0 Å². The van der Waals surface area contributed by atoms with Crippen LogP contribution >= 0.6 is 12.2 Å². The summed E-state index contributed by atoms with van der Waals surface area (Å²) >= 11 is 4.92. The summed E-state index contributed by atoms with van der Waals surface area (Å²) in [6.07, 6.45) is 3.09. The van der Waals surface area contributed by atoms with Crippen LogP contribution in [0.5, 0.6) is 0 Å². The number of hydrogen-bond donors (Lipinski definition) is 2. The van der Waals surface area contributed by atoms with Gasteiger partial charge in [0.05, 0.1) is 0 Å². The van der Waals surface area contributed by atoms with Gasteiger partial charge in [0, 0.05) is 6.42 Å². The van der Waals surface area contributed by atoms with Crippen LogP contribution in [-0.4, -0.2) is 15.2 Å². The summed E-state index contributed by atoms with van der Waals surface area (Å²) < 4.78 is 0.534. The van der Waals surface area contributed by atoms with Crippen molar-refractivity contribution >= 4 is 12.2 Å². The maximum Gasteiger partial charge on any atom is 0.213 e. The molecule has 2 rings (SSSR count). The Hall–Kier alpha value is -1.42. The van der Waals surface area contributed by atoms with Gasteiger partial charge in [0.25, 0.3) is 0 Å². The van der Waals surface area contributed by atoms with Crippen molar-refractivity contribution in [3.63, 3.8) is 0 Å². The molecule has 0 radical (unpaired) electrons. The van der Waals surface area contributed by atoms with Crippen molar-refractivity contribution in [3.8, 4) is 0 Å². The summed E-state index contributed by atoms with van der Waals surface area (Å²) in [7, 11) is 0. The van der Waals surface area contributed by atoms with Crippen molar-refractivity contribution in [1.29, 1.82) is 0 Å². The summed E-state index contributed by atoms with van der Waals surface area (Å²) in [5.41, 5.74) is 2.78. The van der Waals surface area contributed by atoms with Gasteiger partial charge in [-0.25, -0.2) is 4.98 Å². The summed E-state index contributed by atoms with van der Waals surface area (Å²) in [6.45, 7) is 4.43. The lowest BCUT2D eigenvalue weighted by molar-refractivity contribution is 0.773. The molecule has 0 spiro atoms. The van der Waals surface area contributed by atoms with Crippen molar-refractivity contribution in [2.24, 2.45) is 0 Å². The second kappa shape index (κ2) is 5.96. The van der Waals surface area contributed by atoms with Gasteiger partial charge in [0.15, 0.2) is 0 Å². The fourth-order valence-corrected chi connectivity index (χ4v) is 2.11. The van der Waals surface area contributed by atoms with E-state index in [4.69, 9.17) is 12.2 Å². The Morgan fingerprint density at radius 1 is 1.11 bits per heavy atom. The van der Waals surface area contributed by atoms with Crippen molar-refractivity contribution in [2.75, 3.05) is 0 Å². The van der Waals surface area contributed by atoms with E-state index < -0.39 is 0 Å². The van der Waals surface area contributed by atoms with Gasteiger partial charge in [-0.3, -0.25) is 10.2 Å². The van der Waals surface area contributed by atoms with Crippen LogP contribution in [0.1, 0.15) is 43.1 Å². The van der Waals surface area contributed by atoms with Gasteiger partial charge in [-0.05, 0) is 42.1 Å². The minimum atomic E-state index is 0.534. The minimum Gasteiger partial charge on any atom is -0.286 e. The van der Waals surface area contributed by atoms with Crippen LogP contribution < -0.4 is 0 Å². The normalized spacial score (nSPS) is 11.1. The van der Waals surface area contributed by atoms with Gasteiger partial charge in [-0.2, -0.15) is 0 Å². The number of nitrogens with zero attached hydrogens (tertiary/aromatic N) is 1. The Bertz CT molecular complexity index is 537. The van der Waals surface area contributed by atoms with Crippen molar-refractivity contribution in [3.05, 3.63) is 46.0 Å². The topological polar surface area (TPSA) is 44.5 Å². The molecule has 0 unspecified atom stereocenters. The van der Waals surface area contributed by atoms with Crippen LogP contribution in [0.4, 0.5) is 0 Å². The second-order valence-electron chi connectivity index (χ2n) is 4.86. The Morgan fingerprint density at radius 2 is 1.83 bits per heavy atom. The van der Waals surface area contributed by atoms with Crippen LogP contribution in [0.3, 0.4) is 0 Å². The SMILES string of the molecule is CC(C)c1ccc(CCCc2nc(=S)[nH][nH]2)cc1. The van der Waals surface area contributed by atoms with Gasteiger partial charge < -0.3 is 0 Å². The maximum atomic E-state index is 4.92. The Morgan fingerprint density at radius 3 is 2.39 bits per heavy atom. The summed E-state index contributed by atoms with van der Waals surface area (Å²) in [5.74, 6) is 1.54. The number of aryl methyl sites for hydroxylation is 2. The molecule has 96 valence electrons. The van der Waals surface area contributed by atoms with Crippen LogP contribution in [0, 0.1) is 4.77 Å². The molecule has 0 atom stereocenters. The zero-order valence-corrected chi connectivity index (χ0v) is 11.7. The predicted octanol–water partition coefficient (Wildman–Crippen LogP) is 3.77. The standard InChI is InChI=1S/C14H19N3S/c1-10(2)12-8-6-11(7-9-12)4-3-5-13-15-14(18)17-16-13/h6-10H,3-5H2,1-2H3,(H2,15,16,17,18). The highest BCUT2D eigenvalue weighted by atomic mass is 32.1. The van der Waals surface area contributed by atoms with Crippen molar-refractivity contribution in [2.45, 2.75) is 39.0 Å². The lowest BCUT2D eigenvalue weighted by atomic mass is 10.00. The average molecular weight is 261 g/mol. The fourth-order valence-electron chi connectivity index (χ4n) is 1.95. The van der Waals surface area contributed by atoms with Gasteiger partial charge in [-0.15, -0.1) is 0 Å². The Kier molecular flexibility index (Phi) is 4.31. The van der Waals surface area contributed by atoms with E-state index in [1.165, 1.54) is 11.1 Å². The highest BCUT2D eigenvalue weighted by Gasteiger charge is 2.00. The van der Waals surface area contributed by atoms with Crippen LogP contribution in [0.15, 0.2) is 24.3 Å². The van der Waals surface area contributed by atoms with Gasteiger partial charge in [0.2, 0.25) is 4.77 Å². The van der Waals surface area contributed by atoms with E-state index in [0.717, 1.165) is 25.1 Å². The molecule has 2 N–H and O–H groups in total. The van der Waals surface area contributed by atoms with Crippen LogP contribution in [0.25, 0.3) is 0 Å². The van der Waals surface area contributed by atoms with E-state index in [-0.39, 0.29) is 0 Å². The molecule has 4 heteroatoms. The summed E-state index contributed by atoms with van der Waals surface area (Å²) in [4.78, 5) is 4.18. The number of aromatic nitrogens is 3. The molecular weight excluding hydrogens is 242 g/mol. The molecule has 0 aliphatic carbocycles. The first-order valence-corrected chi connectivity index (χ1v) is 6.78. The van der Waals surface area contributed by atoms with Crippen molar-refractivity contribution < 1.29 is 0 Å². The molecule has 1 aromatic heterocycles. The lowest BCUT2D eigenvalue weighted by Gasteiger charge is -2.06. The molecule has 0 bridgehead atoms. The number of nitrogens with one attached hydrogen (secondary N) is 2. The second-order valence-corrected chi connectivity index (χ2v) is 5.25. The van der Waals surface area contributed by atoms with Crippen molar-refractivity contribution in [1.82, 2.24) is 15.2 Å². The van der Waals surface area contributed by atoms with Crippen LogP contribution in [-0.2, 0) is 12.8 Å².